The zero-order valence-corrected chi connectivity index (χ0v) is 16.1. The van der Waals surface area contributed by atoms with Gasteiger partial charge in [0, 0.05) is 0 Å². The number of hydrogen-bond donors (Lipinski definition) is 1. The van der Waals surface area contributed by atoms with Crippen molar-refractivity contribution in [1.29, 1.82) is 0 Å². The fourth-order valence-electron chi connectivity index (χ4n) is 2.66. The summed E-state index contributed by atoms with van der Waals surface area (Å²) in [7, 11) is 0. The van der Waals surface area contributed by atoms with Crippen molar-refractivity contribution in [2.45, 2.75) is 53.0 Å². The Hall–Kier alpha value is -2.29. The van der Waals surface area contributed by atoms with E-state index in [0.29, 0.717) is 0 Å². The number of carbonyl (C=O) groups is 1. The monoisotopic (exact) mass is 339 g/mol. The van der Waals surface area contributed by atoms with Crippen molar-refractivity contribution >= 4 is 5.91 Å². The molecule has 1 N–H and O–H groups in total. The van der Waals surface area contributed by atoms with E-state index < -0.39 is 0 Å². The lowest BCUT2D eigenvalue weighted by atomic mass is 9.86. The average molecular weight is 339 g/mol. The summed E-state index contributed by atoms with van der Waals surface area (Å²) in [5, 5.41) is 2.99. The van der Waals surface area contributed by atoms with Gasteiger partial charge in [0.2, 0.25) is 0 Å². The van der Waals surface area contributed by atoms with Gasteiger partial charge in [-0.25, -0.2) is 0 Å². The molecule has 0 radical (unpaired) electrons. The van der Waals surface area contributed by atoms with Gasteiger partial charge in [0.25, 0.3) is 5.91 Å². The van der Waals surface area contributed by atoms with Gasteiger partial charge in [0.15, 0.2) is 6.61 Å². The van der Waals surface area contributed by atoms with E-state index >= 15 is 0 Å². The summed E-state index contributed by atoms with van der Waals surface area (Å²) in [5.74, 6) is 0.644. The number of nitrogens with one attached hydrogen (secondary N) is 1. The van der Waals surface area contributed by atoms with Crippen molar-refractivity contribution < 1.29 is 9.53 Å². The van der Waals surface area contributed by atoms with E-state index in [2.05, 4.69) is 50.4 Å². The lowest BCUT2D eigenvalue weighted by Gasteiger charge is -2.21. The van der Waals surface area contributed by atoms with E-state index in [4.69, 9.17) is 4.74 Å². The molecule has 0 aliphatic carbocycles. The first-order valence-corrected chi connectivity index (χ1v) is 8.77. The summed E-state index contributed by atoms with van der Waals surface area (Å²) in [6.07, 6.45) is 0. The van der Waals surface area contributed by atoms with E-state index in [1.807, 2.05) is 39.0 Å². The first kappa shape index (κ1) is 19.0. The summed E-state index contributed by atoms with van der Waals surface area (Å²) >= 11 is 0. The Bertz CT molecular complexity index is 727. The molecule has 0 aromatic heterocycles. The van der Waals surface area contributed by atoms with Gasteiger partial charge in [-0.2, -0.15) is 0 Å². The predicted molar refractivity (Wildman–Crippen MR) is 103 cm³/mol. The fraction of sp³-hybridized carbons (Fsp3) is 0.409. The molecule has 0 unspecified atom stereocenters. The van der Waals surface area contributed by atoms with Crippen molar-refractivity contribution in [2.24, 2.45) is 0 Å². The number of hydrogen-bond acceptors (Lipinski definition) is 2. The molecule has 3 heteroatoms. The van der Waals surface area contributed by atoms with Crippen molar-refractivity contribution in [3.63, 3.8) is 0 Å². The van der Waals surface area contributed by atoms with Crippen LogP contribution in [0.15, 0.2) is 42.5 Å². The fourth-order valence-corrected chi connectivity index (χ4v) is 2.66. The highest BCUT2D eigenvalue weighted by Gasteiger charge is 2.15. The second-order valence-electron chi connectivity index (χ2n) is 7.65. The van der Waals surface area contributed by atoms with E-state index in [0.717, 1.165) is 22.4 Å². The smallest absolute Gasteiger partial charge is 0.258 e. The number of aryl methyl sites for hydroxylation is 1. The predicted octanol–water partition coefficient (Wildman–Crippen LogP) is 4.86. The molecule has 3 nitrogen and oxygen atoms in total. The lowest BCUT2D eigenvalue weighted by molar-refractivity contribution is -0.123. The van der Waals surface area contributed by atoms with Crippen LogP contribution >= 0.6 is 0 Å². The average Bonchev–Trinajstić information content (AvgIpc) is 2.55. The van der Waals surface area contributed by atoms with Crippen molar-refractivity contribution in [1.82, 2.24) is 5.32 Å². The molecule has 0 heterocycles. The van der Waals surface area contributed by atoms with Gasteiger partial charge < -0.3 is 10.1 Å². The standard InChI is InChI=1S/C22H29NO2/c1-15-8-7-9-20(16(15)2)25-14-21(24)23-17(3)18-10-12-19(13-11-18)22(4,5)6/h7-13,17H,14H2,1-6H3,(H,23,24)/t17-/m1/s1. The van der Waals surface area contributed by atoms with E-state index in [1.165, 1.54) is 5.56 Å². The summed E-state index contributed by atoms with van der Waals surface area (Å²) in [6.45, 7) is 12.6. The molecule has 2 aromatic rings. The summed E-state index contributed by atoms with van der Waals surface area (Å²) in [6, 6.07) is 14.2. The summed E-state index contributed by atoms with van der Waals surface area (Å²) in [4.78, 5) is 12.2. The third-order valence-electron chi connectivity index (χ3n) is 4.57. The highest BCUT2D eigenvalue weighted by atomic mass is 16.5. The summed E-state index contributed by atoms with van der Waals surface area (Å²) < 4.78 is 5.67. The number of ether oxygens (including phenoxy) is 1. The van der Waals surface area contributed by atoms with Crippen LogP contribution < -0.4 is 10.1 Å². The first-order chi connectivity index (χ1) is 11.7. The van der Waals surface area contributed by atoms with Crippen LogP contribution in [0.5, 0.6) is 5.75 Å². The Morgan fingerprint density at radius 1 is 1.08 bits per heavy atom. The molecule has 0 saturated heterocycles. The van der Waals surface area contributed by atoms with Crippen molar-refractivity contribution in [3.8, 4) is 5.75 Å². The molecule has 0 aliphatic heterocycles. The minimum Gasteiger partial charge on any atom is -0.483 e. The maximum atomic E-state index is 12.2. The van der Waals surface area contributed by atoms with E-state index in [-0.39, 0.29) is 24.0 Å². The highest BCUT2D eigenvalue weighted by molar-refractivity contribution is 5.78. The SMILES string of the molecule is Cc1cccc(OCC(=O)N[C@H](C)c2ccc(C(C)(C)C)cc2)c1C. The van der Waals surface area contributed by atoms with E-state index in [1.54, 1.807) is 0 Å². The van der Waals surface area contributed by atoms with Crippen LogP contribution in [0.2, 0.25) is 0 Å². The molecule has 0 bridgehead atoms. The second-order valence-corrected chi connectivity index (χ2v) is 7.65. The Morgan fingerprint density at radius 3 is 2.32 bits per heavy atom. The zero-order valence-electron chi connectivity index (χ0n) is 16.1. The maximum Gasteiger partial charge on any atom is 0.258 e. The molecule has 25 heavy (non-hydrogen) atoms. The van der Waals surface area contributed by atoms with Crippen LogP contribution in [0.4, 0.5) is 0 Å². The molecular weight excluding hydrogens is 310 g/mol. The number of benzene rings is 2. The Labute approximate surface area is 151 Å². The van der Waals surface area contributed by atoms with Crippen molar-refractivity contribution in [3.05, 3.63) is 64.7 Å². The van der Waals surface area contributed by atoms with Crippen LogP contribution in [0.25, 0.3) is 0 Å². The zero-order chi connectivity index (χ0) is 18.6. The minimum atomic E-state index is -0.117. The maximum absolute atomic E-state index is 12.2. The lowest BCUT2D eigenvalue weighted by Crippen LogP contribution is -2.31. The number of rotatable bonds is 5. The molecule has 0 fully saturated rings. The Morgan fingerprint density at radius 2 is 1.72 bits per heavy atom. The third kappa shape index (κ3) is 5.09. The number of amides is 1. The van der Waals surface area contributed by atoms with Crippen LogP contribution in [0, 0.1) is 13.8 Å². The highest BCUT2D eigenvalue weighted by Crippen LogP contribution is 2.24. The van der Waals surface area contributed by atoms with Crippen LogP contribution in [0.1, 0.15) is 56.0 Å². The molecule has 0 aliphatic rings. The van der Waals surface area contributed by atoms with Gasteiger partial charge in [-0.15, -0.1) is 0 Å². The van der Waals surface area contributed by atoms with Crippen LogP contribution in [0.3, 0.4) is 0 Å². The number of carbonyl (C=O) groups excluding carboxylic acids is 1. The molecule has 0 spiro atoms. The quantitative estimate of drug-likeness (QED) is 0.845. The first-order valence-electron chi connectivity index (χ1n) is 8.77. The topological polar surface area (TPSA) is 38.3 Å². The Balaban J connectivity index is 1.92. The largest absolute Gasteiger partial charge is 0.483 e. The van der Waals surface area contributed by atoms with Gasteiger partial charge in [-0.05, 0) is 54.5 Å². The second kappa shape index (κ2) is 7.73. The molecule has 2 aromatic carbocycles. The normalized spacial score (nSPS) is 12.6. The van der Waals surface area contributed by atoms with Gasteiger partial charge in [-0.1, -0.05) is 57.2 Å². The molecular formula is C22H29NO2. The van der Waals surface area contributed by atoms with Crippen LogP contribution in [-0.2, 0) is 10.2 Å². The minimum absolute atomic E-state index is 0.0225. The molecule has 1 amide bonds. The summed E-state index contributed by atoms with van der Waals surface area (Å²) in [5.41, 5.74) is 4.73. The van der Waals surface area contributed by atoms with Gasteiger partial charge in [0.1, 0.15) is 5.75 Å². The third-order valence-corrected chi connectivity index (χ3v) is 4.57. The molecule has 0 saturated carbocycles. The van der Waals surface area contributed by atoms with Gasteiger partial charge >= 0.3 is 0 Å². The van der Waals surface area contributed by atoms with Crippen molar-refractivity contribution in [2.75, 3.05) is 6.61 Å². The van der Waals surface area contributed by atoms with Gasteiger partial charge in [0.05, 0.1) is 6.04 Å². The van der Waals surface area contributed by atoms with Crippen LogP contribution in [-0.4, -0.2) is 12.5 Å². The van der Waals surface area contributed by atoms with Gasteiger partial charge in [-0.3, -0.25) is 4.79 Å². The molecule has 2 rings (SSSR count). The Kier molecular flexibility index (Phi) is 5.89. The molecule has 1 atom stereocenters. The molecule has 134 valence electrons. The van der Waals surface area contributed by atoms with E-state index in [9.17, 15) is 4.79 Å².